The SMILES string of the molecule is FC(F)(F)c1cc(-c2cccs2)nc2c(-c3cccc(Br)c3)cnn12. The average Bonchev–Trinajstić information content (AvgIpc) is 3.22. The van der Waals surface area contributed by atoms with Crippen molar-refractivity contribution in [3.05, 3.63) is 64.2 Å². The van der Waals surface area contributed by atoms with Gasteiger partial charge in [0.25, 0.3) is 0 Å². The first-order valence-corrected chi connectivity index (χ1v) is 8.86. The molecule has 1 aromatic carbocycles. The van der Waals surface area contributed by atoms with Gasteiger partial charge in [-0.25, -0.2) is 9.50 Å². The zero-order chi connectivity index (χ0) is 17.6. The summed E-state index contributed by atoms with van der Waals surface area (Å²) in [6.07, 6.45) is -3.12. The van der Waals surface area contributed by atoms with Crippen LogP contribution in [0.2, 0.25) is 0 Å². The number of rotatable bonds is 2. The molecule has 4 aromatic rings. The maximum Gasteiger partial charge on any atom is 0.433 e. The molecule has 0 N–H and O–H groups in total. The third-order valence-electron chi connectivity index (χ3n) is 3.67. The molecular weight excluding hydrogens is 415 g/mol. The second-order valence-electron chi connectivity index (χ2n) is 5.31. The van der Waals surface area contributed by atoms with E-state index in [1.807, 2.05) is 24.3 Å². The van der Waals surface area contributed by atoms with Gasteiger partial charge in [0.2, 0.25) is 0 Å². The predicted molar refractivity (Wildman–Crippen MR) is 94.4 cm³/mol. The molecule has 126 valence electrons. The normalized spacial score (nSPS) is 12.0. The van der Waals surface area contributed by atoms with Gasteiger partial charge in [-0.3, -0.25) is 0 Å². The van der Waals surface area contributed by atoms with Crippen LogP contribution in [0.3, 0.4) is 0 Å². The molecule has 0 amide bonds. The number of hydrogen-bond acceptors (Lipinski definition) is 3. The van der Waals surface area contributed by atoms with Crippen molar-refractivity contribution in [3.63, 3.8) is 0 Å². The molecule has 0 aliphatic heterocycles. The van der Waals surface area contributed by atoms with Crippen LogP contribution in [-0.4, -0.2) is 14.6 Å². The zero-order valence-corrected chi connectivity index (χ0v) is 14.9. The topological polar surface area (TPSA) is 30.2 Å². The summed E-state index contributed by atoms with van der Waals surface area (Å²) >= 11 is 4.72. The number of halogens is 4. The molecule has 0 atom stereocenters. The number of benzene rings is 1. The third-order valence-corrected chi connectivity index (χ3v) is 5.06. The lowest BCUT2D eigenvalue weighted by molar-refractivity contribution is -0.142. The van der Waals surface area contributed by atoms with Crippen molar-refractivity contribution in [1.82, 2.24) is 14.6 Å². The summed E-state index contributed by atoms with van der Waals surface area (Å²) in [6.45, 7) is 0. The zero-order valence-electron chi connectivity index (χ0n) is 12.5. The highest BCUT2D eigenvalue weighted by Gasteiger charge is 2.35. The summed E-state index contributed by atoms with van der Waals surface area (Å²) in [5, 5.41) is 5.74. The first kappa shape index (κ1) is 16.3. The predicted octanol–water partition coefficient (Wildman–Crippen LogP) is 5.91. The largest absolute Gasteiger partial charge is 0.433 e. The van der Waals surface area contributed by atoms with E-state index in [-0.39, 0.29) is 11.3 Å². The number of hydrogen-bond donors (Lipinski definition) is 0. The van der Waals surface area contributed by atoms with Crippen LogP contribution in [0.15, 0.2) is 58.5 Å². The van der Waals surface area contributed by atoms with Crippen molar-refractivity contribution in [1.29, 1.82) is 0 Å². The molecule has 3 heterocycles. The van der Waals surface area contributed by atoms with E-state index in [0.717, 1.165) is 20.6 Å². The van der Waals surface area contributed by atoms with Crippen LogP contribution in [0, 0.1) is 0 Å². The lowest BCUT2D eigenvalue weighted by atomic mass is 10.1. The van der Waals surface area contributed by atoms with Crippen LogP contribution in [-0.2, 0) is 6.18 Å². The van der Waals surface area contributed by atoms with Crippen molar-refractivity contribution < 1.29 is 13.2 Å². The second-order valence-corrected chi connectivity index (χ2v) is 7.17. The molecule has 0 aliphatic carbocycles. The molecule has 0 unspecified atom stereocenters. The Balaban J connectivity index is 2.03. The summed E-state index contributed by atoms with van der Waals surface area (Å²) < 4.78 is 42.3. The third kappa shape index (κ3) is 2.96. The van der Waals surface area contributed by atoms with E-state index in [1.54, 1.807) is 17.5 Å². The minimum atomic E-state index is -4.53. The molecule has 0 saturated carbocycles. The van der Waals surface area contributed by atoms with Gasteiger partial charge in [-0.05, 0) is 35.2 Å². The van der Waals surface area contributed by atoms with Gasteiger partial charge >= 0.3 is 6.18 Å². The lowest BCUT2D eigenvalue weighted by Gasteiger charge is -2.11. The van der Waals surface area contributed by atoms with E-state index >= 15 is 0 Å². The van der Waals surface area contributed by atoms with Crippen molar-refractivity contribution in [2.75, 3.05) is 0 Å². The molecule has 3 nitrogen and oxygen atoms in total. The molecule has 25 heavy (non-hydrogen) atoms. The molecule has 4 rings (SSSR count). The Morgan fingerprint density at radius 1 is 1.08 bits per heavy atom. The number of aromatic nitrogens is 3. The Kier molecular flexibility index (Phi) is 3.88. The van der Waals surface area contributed by atoms with Crippen LogP contribution < -0.4 is 0 Å². The average molecular weight is 424 g/mol. The quantitative estimate of drug-likeness (QED) is 0.401. The van der Waals surface area contributed by atoms with Crippen molar-refractivity contribution in [3.8, 4) is 21.7 Å². The van der Waals surface area contributed by atoms with E-state index in [2.05, 4.69) is 26.0 Å². The molecular formula is C17H9BrF3N3S. The molecule has 0 bridgehead atoms. The molecule has 0 fully saturated rings. The fraction of sp³-hybridized carbons (Fsp3) is 0.0588. The van der Waals surface area contributed by atoms with Crippen molar-refractivity contribution in [2.45, 2.75) is 6.18 Å². The number of thiophene rings is 1. The Labute approximate surface area is 152 Å². The van der Waals surface area contributed by atoms with Gasteiger partial charge in [0.05, 0.1) is 16.8 Å². The van der Waals surface area contributed by atoms with Crippen LogP contribution in [0.5, 0.6) is 0 Å². The van der Waals surface area contributed by atoms with Gasteiger partial charge in [-0.1, -0.05) is 34.1 Å². The van der Waals surface area contributed by atoms with Gasteiger partial charge in [0.15, 0.2) is 11.3 Å². The fourth-order valence-electron chi connectivity index (χ4n) is 2.57. The van der Waals surface area contributed by atoms with Gasteiger partial charge in [-0.15, -0.1) is 11.3 Å². The molecule has 0 aliphatic rings. The highest BCUT2D eigenvalue weighted by Crippen LogP contribution is 2.35. The smallest absolute Gasteiger partial charge is 0.227 e. The number of fused-ring (bicyclic) bond motifs is 1. The summed E-state index contributed by atoms with van der Waals surface area (Å²) in [7, 11) is 0. The summed E-state index contributed by atoms with van der Waals surface area (Å²) in [6, 6.07) is 11.9. The Morgan fingerprint density at radius 3 is 2.60 bits per heavy atom. The Morgan fingerprint density at radius 2 is 1.92 bits per heavy atom. The summed E-state index contributed by atoms with van der Waals surface area (Å²) in [5.41, 5.74) is 0.906. The van der Waals surface area contributed by atoms with Gasteiger partial charge in [0.1, 0.15) is 0 Å². The number of alkyl halides is 3. The van der Waals surface area contributed by atoms with Crippen LogP contribution >= 0.6 is 27.3 Å². The number of nitrogens with zero attached hydrogens (tertiary/aromatic N) is 3. The highest BCUT2D eigenvalue weighted by molar-refractivity contribution is 9.10. The monoisotopic (exact) mass is 423 g/mol. The summed E-state index contributed by atoms with van der Waals surface area (Å²) in [4.78, 5) is 5.13. The van der Waals surface area contributed by atoms with E-state index in [9.17, 15) is 13.2 Å². The van der Waals surface area contributed by atoms with Crippen molar-refractivity contribution >= 4 is 32.9 Å². The molecule has 0 saturated heterocycles. The molecule has 8 heteroatoms. The van der Waals surface area contributed by atoms with E-state index in [4.69, 9.17) is 0 Å². The van der Waals surface area contributed by atoms with Gasteiger partial charge in [-0.2, -0.15) is 18.3 Å². The molecule has 3 aromatic heterocycles. The van der Waals surface area contributed by atoms with Crippen LogP contribution in [0.1, 0.15) is 5.69 Å². The van der Waals surface area contributed by atoms with E-state index < -0.39 is 11.9 Å². The van der Waals surface area contributed by atoms with Crippen LogP contribution in [0.25, 0.3) is 27.3 Å². The maximum absolute atomic E-state index is 13.5. The summed E-state index contributed by atoms with van der Waals surface area (Å²) in [5.74, 6) is 0. The maximum atomic E-state index is 13.5. The minimum Gasteiger partial charge on any atom is -0.227 e. The first-order chi connectivity index (χ1) is 11.9. The standard InChI is InChI=1S/C17H9BrF3N3S/c18-11-4-1-3-10(7-11)12-9-22-24-15(17(19,20)21)8-13(23-16(12)24)14-5-2-6-25-14/h1-9H. The lowest BCUT2D eigenvalue weighted by Crippen LogP contribution is -2.13. The molecule has 0 spiro atoms. The first-order valence-electron chi connectivity index (χ1n) is 7.19. The molecule has 0 radical (unpaired) electrons. The Bertz CT molecular complexity index is 1050. The van der Waals surface area contributed by atoms with Crippen LogP contribution in [0.4, 0.5) is 13.2 Å². The Hall–Kier alpha value is -2.19. The minimum absolute atomic E-state index is 0.177. The highest BCUT2D eigenvalue weighted by atomic mass is 79.9. The van der Waals surface area contributed by atoms with Gasteiger partial charge in [0, 0.05) is 10.0 Å². The van der Waals surface area contributed by atoms with Crippen molar-refractivity contribution in [2.24, 2.45) is 0 Å². The van der Waals surface area contributed by atoms with Gasteiger partial charge < -0.3 is 0 Å². The fourth-order valence-corrected chi connectivity index (χ4v) is 3.66. The van der Waals surface area contributed by atoms with E-state index in [0.29, 0.717) is 10.4 Å². The van der Waals surface area contributed by atoms with E-state index in [1.165, 1.54) is 17.5 Å². The second kappa shape index (κ2) is 5.96.